The second-order valence-corrected chi connectivity index (χ2v) is 13.3. The molecule has 0 unspecified atom stereocenters. The molecule has 0 amide bonds. The molecule has 0 saturated heterocycles. The zero-order valence-electron chi connectivity index (χ0n) is 23.8. The second kappa shape index (κ2) is 11.7. The summed E-state index contributed by atoms with van der Waals surface area (Å²) in [7, 11) is -9.41. The first-order valence-electron chi connectivity index (χ1n) is 13.9. The summed E-state index contributed by atoms with van der Waals surface area (Å²) >= 11 is 0. The maximum atomic E-state index is 12.3. The number of unbranched alkanes of at least 4 members (excludes halogenated alkanes) is 2. The van der Waals surface area contributed by atoms with E-state index in [9.17, 15) is 40.9 Å². The van der Waals surface area contributed by atoms with Crippen molar-refractivity contribution in [2.45, 2.75) is 42.0 Å². The normalized spacial score (nSPS) is 12.3. The van der Waals surface area contributed by atoms with Gasteiger partial charge in [0.25, 0.3) is 20.2 Å². The van der Waals surface area contributed by atoms with E-state index in [-0.39, 0.29) is 28.8 Å². The molecule has 0 saturated carbocycles. The summed E-state index contributed by atoms with van der Waals surface area (Å²) in [6.07, 6.45) is 3.79. The smallest absolute Gasteiger partial charge is 0.333 e. The molecule has 3 aromatic heterocycles. The number of aryl methyl sites for hydroxylation is 1. The van der Waals surface area contributed by atoms with Crippen LogP contribution in [0.3, 0.4) is 0 Å². The third-order valence-corrected chi connectivity index (χ3v) is 9.13. The lowest BCUT2D eigenvalue weighted by Gasteiger charge is -2.07. The van der Waals surface area contributed by atoms with Crippen molar-refractivity contribution in [3.8, 4) is 23.2 Å². The highest BCUT2D eigenvalue weighted by Gasteiger charge is 2.25. The van der Waals surface area contributed by atoms with Gasteiger partial charge in [-0.25, -0.2) is 9.78 Å². The van der Waals surface area contributed by atoms with E-state index >= 15 is 0 Å². The summed E-state index contributed by atoms with van der Waals surface area (Å²) < 4.78 is 76.0. The number of para-hydroxylation sites is 1. The van der Waals surface area contributed by atoms with Gasteiger partial charge >= 0.3 is 5.97 Å². The molecule has 0 aliphatic rings. The number of aromatic hydroxyl groups is 2. The molecule has 0 fully saturated rings. The predicted octanol–water partition coefficient (Wildman–Crippen LogP) is 4.01. The van der Waals surface area contributed by atoms with Crippen LogP contribution in [-0.2, 0) is 31.6 Å². The number of hydrogen-bond acceptors (Lipinski definition) is 10. The highest BCUT2D eigenvalue weighted by Crippen LogP contribution is 2.37. The summed E-state index contributed by atoms with van der Waals surface area (Å²) in [5.74, 6) is -1.33. The van der Waals surface area contributed by atoms with E-state index in [2.05, 4.69) is 4.98 Å². The van der Waals surface area contributed by atoms with Crippen LogP contribution in [0, 0.1) is 0 Å². The molecule has 0 bridgehead atoms. The Kier molecular flexibility index (Phi) is 7.89. The minimum Gasteiger partial charge on any atom is -0.492 e. The Bertz CT molecular complexity index is 2360. The minimum absolute atomic E-state index is 0.0629. The molecule has 238 valence electrons. The number of hydrogen-bond donors (Lipinski definition) is 4. The molecule has 0 aliphatic carbocycles. The van der Waals surface area contributed by atoms with Gasteiger partial charge in [0.2, 0.25) is 23.2 Å². The number of aromatic nitrogens is 3. The van der Waals surface area contributed by atoms with Crippen LogP contribution in [0.5, 0.6) is 11.8 Å². The summed E-state index contributed by atoms with van der Waals surface area (Å²) in [5, 5.41) is 20.4. The first kappa shape index (κ1) is 31.0. The van der Waals surface area contributed by atoms with Crippen LogP contribution in [0.1, 0.15) is 25.7 Å². The minimum atomic E-state index is -4.83. The van der Waals surface area contributed by atoms with Gasteiger partial charge in [-0.3, -0.25) is 9.11 Å². The van der Waals surface area contributed by atoms with Crippen LogP contribution >= 0.6 is 0 Å². The highest BCUT2D eigenvalue weighted by molar-refractivity contribution is 7.86. The molecule has 0 aliphatic heterocycles. The van der Waals surface area contributed by atoms with Crippen molar-refractivity contribution < 1.29 is 54.8 Å². The fourth-order valence-corrected chi connectivity index (χ4v) is 6.42. The van der Waals surface area contributed by atoms with Crippen molar-refractivity contribution >= 4 is 59.0 Å². The number of carbonyl (C=O) groups excluding carboxylic acids is 1. The fraction of sp³-hybridized carbons (Fsp3) is 0.167. The molecule has 3 heterocycles. The summed E-state index contributed by atoms with van der Waals surface area (Å²) in [4.78, 5) is 20.5. The summed E-state index contributed by atoms with van der Waals surface area (Å²) in [5.41, 5.74) is 1.21. The molecule has 3 aromatic carbocycles. The predicted molar refractivity (Wildman–Crippen MR) is 162 cm³/mol. The van der Waals surface area contributed by atoms with Crippen LogP contribution in [-0.4, -0.2) is 51.8 Å². The molecule has 4 N–H and O–H groups in total. The van der Waals surface area contributed by atoms with Crippen LogP contribution in [0.4, 0.5) is 0 Å². The van der Waals surface area contributed by atoms with Crippen molar-refractivity contribution in [2.75, 3.05) is 0 Å². The number of oxazole rings is 1. The summed E-state index contributed by atoms with van der Waals surface area (Å²) in [6, 6.07) is 16.2. The molecule has 0 radical (unpaired) electrons. The van der Waals surface area contributed by atoms with Crippen molar-refractivity contribution in [1.82, 2.24) is 9.71 Å². The molecule has 46 heavy (non-hydrogen) atoms. The third-order valence-electron chi connectivity index (χ3n) is 7.42. The molecule has 6 aromatic rings. The number of fused-ring (bicyclic) bond motifs is 4. The fourth-order valence-electron chi connectivity index (χ4n) is 5.26. The summed E-state index contributed by atoms with van der Waals surface area (Å²) in [6.45, 7) is 0.593. The van der Waals surface area contributed by atoms with Gasteiger partial charge in [-0.15, -0.1) is 4.73 Å². The molecular formula is C30H26N3O11S2+. The Morgan fingerprint density at radius 3 is 2.33 bits per heavy atom. The molecule has 0 spiro atoms. The van der Waals surface area contributed by atoms with Gasteiger partial charge in [0.15, 0.2) is 11.8 Å². The molecule has 16 heteroatoms. The van der Waals surface area contributed by atoms with Crippen LogP contribution in [0.25, 0.3) is 44.2 Å². The van der Waals surface area contributed by atoms with E-state index in [1.54, 1.807) is 6.07 Å². The average Bonchev–Trinajstić information content (AvgIpc) is 3.58. The standard InChI is InChI=1S/C30H25N3O11S2/c34-25-11-12-26(35)33(25)44-27(36)8-2-1-5-14-32-15-13-22(21-6-3-4-7-23(21)32)30-31-28-20-10-9-19(45(37,38)39)16-18(20)17-24(29(28)43-30)46(40,41)42/h3-4,6-7,9-13,15-17,31H,1-2,5,8,14H2,(H2,37,38,39,40,41,42)/p+1. The maximum absolute atomic E-state index is 12.3. The van der Waals surface area contributed by atoms with Gasteiger partial charge in [0.05, 0.1) is 15.8 Å². The van der Waals surface area contributed by atoms with Crippen molar-refractivity contribution in [3.63, 3.8) is 0 Å². The zero-order valence-corrected chi connectivity index (χ0v) is 25.4. The molecule has 14 nitrogen and oxygen atoms in total. The van der Waals surface area contributed by atoms with Gasteiger partial charge in [-0.2, -0.15) is 21.4 Å². The number of carbonyl (C=O) groups is 1. The van der Waals surface area contributed by atoms with E-state index in [0.717, 1.165) is 29.1 Å². The largest absolute Gasteiger partial charge is 0.492 e. The van der Waals surface area contributed by atoms with Crippen molar-refractivity contribution in [3.05, 3.63) is 72.9 Å². The van der Waals surface area contributed by atoms with E-state index in [1.807, 2.05) is 35.0 Å². The average molecular weight is 669 g/mol. The van der Waals surface area contributed by atoms with Gasteiger partial charge < -0.3 is 19.5 Å². The first-order chi connectivity index (χ1) is 21.8. The number of rotatable bonds is 10. The lowest BCUT2D eigenvalue weighted by Crippen LogP contribution is -2.34. The first-order valence-corrected chi connectivity index (χ1v) is 16.7. The topological polar surface area (TPSA) is 210 Å². The Morgan fingerprint density at radius 2 is 1.61 bits per heavy atom. The molecule has 0 atom stereocenters. The number of benzene rings is 3. The van der Waals surface area contributed by atoms with Gasteiger partial charge in [0.1, 0.15) is 17.0 Å². The van der Waals surface area contributed by atoms with Crippen LogP contribution in [0.2, 0.25) is 0 Å². The van der Waals surface area contributed by atoms with Gasteiger partial charge in [-0.1, -0.05) is 18.2 Å². The Balaban J connectivity index is 1.27. The van der Waals surface area contributed by atoms with Gasteiger partial charge in [-0.05, 0) is 42.5 Å². The SMILES string of the molecule is O=C(CCCCC[n+]1ccc(-c2nc3c(o2)c(S(=O)(=O)O)cc2cc(S(=O)(=O)O)ccc23)c2ccccc21)On1c(O)ccc1O. The van der Waals surface area contributed by atoms with E-state index in [0.29, 0.717) is 41.5 Å². The van der Waals surface area contributed by atoms with E-state index < -0.39 is 47.8 Å². The Labute approximate surface area is 261 Å². The lowest BCUT2D eigenvalue weighted by atomic mass is 10.1. The molecular weight excluding hydrogens is 642 g/mol. The maximum Gasteiger partial charge on any atom is 0.333 e. The highest BCUT2D eigenvalue weighted by atomic mass is 32.2. The number of pyridine rings is 1. The Morgan fingerprint density at radius 1 is 0.870 bits per heavy atom. The van der Waals surface area contributed by atoms with E-state index in [1.165, 1.54) is 18.2 Å². The monoisotopic (exact) mass is 668 g/mol. The van der Waals surface area contributed by atoms with Crippen LogP contribution in [0.15, 0.2) is 87.1 Å². The molecule has 6 rings (SSSR count). The second-order valence-electron chi connectivity index (χ2n) is 10.5. The van der Waals surface area contributed by atoms with Crippen molar-refractivity contribution in [2.24, 2.45) is 0 Å². The third kappa shape index (κ3) is 5.97. The van der Waals surface area contributed by atoms with Gasteiger partial charge in [0, 0.05) is 42.5 Å². The zero-order chi connectivity index (χ0) is 32.8. The number of nitrogens with zero attached hydrogens (tertiary/aromatic N) is 3. The van der Waals surface area contributed by atoms with E-state index in [4.69, 9.17) is 9.25 Å². The lowest BCUT2D eigenvalue weighted by molar-refractivity contribution is -0.671. The Hall–Kier alpha value is -5.03. The van der Waals surface area contributed by atoms with Crippen molar-refractivity contribution in [1.29, 1.82) is 0 Å². The quantitative estimate of drug-likeness (QED) is 0.0927. The van der Waals surface area contributed by atoms with Crippen LogP contribution < -0.4 is 9.40 Å².